The summed E-state index contributed by atoms with van der Waals surface area (Å²) in [5, 5.41) is 0. The number of nitrogens with two attached hydrogens (primary N) is 1. The molecular formula is C13H19N3O2. The van der Waals surface area contributed by atoms with Crippen molar-refractivity contribution in [1.29, 1.82) is 0 Å². The summed E-state index contributed by atoms with van der Waals surface area (Å²) >= 11 is 0. The molecule has 5 heteroatoms. The minimum atomic E-state index is 0.133. The Kier molecular flexibility index (Phi) is 3.60. The van der Waals surface area contributed by atoms with Crippen molar-refractivity contribution in [2.75, 3.05) is 43.9 Å². The number of benzene rings is 1. The Balaban J connectivity index is 2.12. The minimum Gasteiger partial charge on any atom is -0.495 e. The van der Waals surface area contributed by atoms with Crippen molar-refractivity contribution in [2.45, 2.75) is 6.92 Å². The highest BCUT2D eigenvalue weighted by molar-refractivity contribution is 5.76. The predicted octanol–water partition coefficient (Wildman–Crippen LogP) is 0.946. The molecule has 1 aromatic rings. The Hall–Kier alpha value is -1.91. The smallest absolute Gasteiger partial charge is 0.219 e. The summed E-state index contributed by atoms with van der Waals surface area (Å²) < 4.78 is 5.22. The number of carbonyl (C=O) groups excluding carboxylic acids is 1. The fourth-order valence-electron chi connectivity index (χ4n) is 2.25. The van der Waals surface area contributed by atoms with Crippen molar-refractivity contribution < 1.29 is 9.53 Å². The largest absolute Gasteiger partial charge is 0.495 e. The number of ether oxygens (including phenoxy) is 1. The third-order valence-corrected chi connectivity index (χ3v) is 3.33. The molecular weight excluding hydrogens is 230 g/mol. The molecule has 1 amide bonds. The van der Waals surface area contributed by atoms with Crippen LogP contribution < -0.4 is 15.4 Å². The number of hydrogen-bond donors (Lipinski definition) is 1. The zero-order valence-electron chi connectivity index (χ0n) is 10.8. The second kappa shape index (κ2) is 5.16. The van der Waals surface area contributed by atoms with Crippen LogP contribution in [0.25, 0.3) is 0 Å². The molecule has 1 fully saturated rings. The average molecular weight is 249 g/mol. The van der Waals surface area contributed by atoms with Gasteiger partial charge in [0.05, 0.1) is 18.5 Å². The van der Waals surface area contributed by atoms with Gasteiger partial charge < -0.3 is 20.3 Å². The van der Waals surface area contributed by atoms with E-state index in [0.717, 1.165) is 31.9 Å². The molecule has 2 rings (SSSR count). The molecule has 98 valence electrons. The first-order valence-electron chi connectivity index (χ1n) is 6.06. The van der Waals surface area contributed by atoms with Gasteiger partial charge >= 0.3 is 0 Å². The van der Waals surface area contributed by atoms with Gasteiger partial charge in [-0.25, -0.2) is 0 Å². The topological polar surface area (TPSA) is 58.8 Å². The van der Waals surface area contributed by atoms with E-state index in [-0.39, 0.29) is 5.91 Å². The number of nitrogen functional groups attached to an aromatic ring is 1. The first-order valence-corrected chi connectivity index (χ1v) is 6.06. The molecule has 0 bridgehead atoms. The summed E-state index contributed by atoms with van der Waals surface area (Å²) in [4.78, 5) is 15.3. The second-order valence-electron chi connectivity index (χ2n) is 4.39. The Morgan fingerprint density at radius 1 is 1.28 bits per heavy atom. The van der Waals surface area contributed by atoms with Crippen LogP contribution in [0.5, 0.6) is 5.75 Å². The number of piperazine rings is 1. The maximum Gasteiger partial charge on any atom is 0.219 e. The SMILES string of the molecule is COc1cccc(N2CCN(C(C)=O)CC2)c1N. The fourth-order valence-corrected chi connectivity index (χ4v) is 2.25. The third-order valence-electron chi connectivity index (χ3n) is 3.33. The van der Waals surface area contributed by atoms with Gasteiger partial charge in [-0.1, -0.05) is 6.07 Å². The Morgan fingerprint density at radius 3 is 2.50 bits per heavy atom. The van der Waals surface area contributed by atoms with Gasteiger partial charge in [0.25, 0.3) is 0 Å². The number of anilines is 2. The van der Waals surface area contributed by atoms with Gasteiger partial charge in [-0.05, 0) is 12.1 Å². The van der Waals surface area contributed by atoms with E-state index in [4.69, 9.17) is 10.5 Å². The van der Waals surface area contributed by atoms with E-state index in [2.05, 4.69) is 4.90 Å². The van der Waals surface area contributed by atoms with Crippen LogP contribution in [0.2, 0.25) is 0 Å². The average Bonchev–Trinajstić information content (AvgIpc) is 2.39. The van der Waals surface area contributed by atoms with Crippen molar-refractivity contribution in [3.05, 3.63) is 18.2 Å². The molecule has 2 N–H and O–H groups in total. The number of amides is 1. The third kappa shape index (κ3) is 2.34. The fraction of sp³-hybridized carbons (Fsp3) is 0.462. The van der Waals surface area contributed by atoms with Gasteiger partial charge in [0, 0.05) is 33.1 Å². The van der Waals surface area contributed by atoms with Crippen molar-refractivity contribution in [1.82, 2.24) is 4.90 Å². The number of carbonyl (C=O) groups is 1. The van der Waals surface area contributed by atoms with Gasteiger partial charge in [0.2, 0.25) is 5.91 Å². The zero-order valence-corrected chi connectivity index (χ0v) is 10.8. The molecule has 5 nitrogen and oxygen atoms in total. The number of nitrogens with zero attached hydrogens (tertiary/aromatic N) is 2. The van der Waals surface area contributed by atoms with Crippen LogP contribution in [0.4, 0.5) is 11.4 Å². The summed E-state index contributed by atoms with van der Waals surface area (Å²) in [5.74, 6) is 0.828. The van der Waals surface area contributed by atoms with Crippen molar-refractivity contribution in [2.24, 2.45) is 0 Å². The van der Waals surface area contributed by atoms with E-state index in [9.17, 15) is 4.79 Å². The van der Waals surface area contributed by atoms with Gasteiger partial charge in [0.15, 0.2) is 0 Å². The van der Waals surface area contributed by atoms with Gasteiger partial charge in [-0.3, -0.25) is 4.79 Å². The normalized spacial score (nSPS) is 15.7. The summed E-state index contributed by atoms with van der Waals surface area (Å²) in [7, 11) is 1.61. The standard InChI is InChI=1S/C13H19N3O2/c1-10(17)15-6-8-16(9-7-15)11-4-3-5-12(18-2)13(11)14/h3-5H,6-9,14H2,1-2H3. The molecule has 0 spiro atoms. The minimum absolute atomic E-state index is 0.133. The molecule has 0 aliphatic carbocycles. The second-order valence-corrected chi connectivity index (χ2v) is 4.39. The molecule has 0 atom stereocenters. The maximum absolute atomic E-state index is 11.3. The van der Waals surface area contributed by atoms with Crippen LogP contribution in [0, 0.1) is 0 Å². The molecule has 18 heavy (non-hydrogen) atoms. The summed E-state index contributed by atoms with van der Waals surface area (Å²) in [6.07, 6.45) is 0. The lowest BCUT2D eigenvalue weighted by Crippen LogP contribution is -2.48. The monoisotopic (exact) mass is 249 g/mol. The van der Waals surface area contributed by atoms with Gasteiger partial charge in [0.1, 0.15) is 5.75 Å². The highest BCUT2D eigenvalue weighted by atomic mass is 16.5. The van der Waals surface area contributed by atoms with Crippen LogP contribution >= 0.6 is 0 Å². The van der Waals surface area contributed by atoms with E-state index < -0.39 is 0 Å². The van der Waals surface area contributed by atoms with Crippen molar-refractivity contribution in [3.63, 3.8) is 0 Å². The maximum atomic E-state index is 11.3. The molecule has 1 saturated heterocycles. The van der Waals surface area contributed by atoms with E-state index in [1.807, 2.05) is 23.1 Å². The quantitative estimate of drug-likeness (QED) is 0.793. The lowest BCUT2D eigenvalue weighted by molar-refractivity contribution is -0.129. The van der Waals surface area contributed by atoms with E-state index in [1.165, 1.54) is 0 Å². The van der Waals surface area contributed by atoms with Crippen molar-refractivity contribution in [3.8, 4) is 5.75 Å². The molecule has 1 aliphatic rings. The number of hydrogen-bond acceptors (Lipinski definition) is 4. The van der Waals surface area contributed by atoms with E-state index in [0.29, 0.717) is 11.4 Å². The van der Waals surface area contributed by atoms with Crippen molar-refractivity contribution >= 4 is 17.3 Å². The molecule has 0 unspecified atom stereocenters. The van der Waals surface area contributed by atoms with E-state index >= 15 is 0 Å². The first-order chi connectivity index (χ1) is 8.63. The Labute approximate surface area is 107 Å². The Morgan fingerprint density at radius 2 is 1.94 bits per heavy atom. The molecule has 0 radical (unpaired) electrons. The molecule has 0 saturated carbocycles. The number of methoxy groups -OCH3 is 1. The molecule has 1 aromatic carbocycles. The molecule has 1 heterocycles. The summed E-state index contributed by atoms with van der Waals surface area (Å²) in [5.41, 5.74) is 7.72. The van der Waals surface area contributed by atoms with Crippen LogP contribution in [-0.2, 0) is 4.79 Å². The number of rotatable bonds is 2. The predicted molar refractivity (Wildman–Crippen MR) is 71.9 cm³/mol. The van der Waals surface area contributed by atoms with Gasteiger partial charge in [-0.15, -0.1) is 0 Å². The summed E-state index contributed by atoms with van der Waals surface area (Å²) in [6, 6.07) is 5.77. The molecule has 0 aromatic heterocycles. The van der Waals surface area contributed by atoms with Crippen LogP contribution in [0.1, 0.15) is 6.92 Å². The zero-order chi connectivity index (χ0) is 13.1. The highest BCUT2D eigenvalue weighted by Crippen LogP contribution is 2.32. The number of para-hydroxylation sites is 1. The lowest BCUT2D eigenvalue weighted by atomic mass is 10.2. The van der Waals surface area contributed by atoms with Gasteiger partial charge in [-0.2, -0.15) is 0 Å². The first kappa shape index (κ1) is 12.5. The van der Waals surface area contributed by atoms with Crippen LogP contribution in [0.3, 0.4) is 0 Å². The summed E-state index contributed by atoms with van der Waals surface area (Å²) in [6.45, 7) is 4.70. The van der Waals surface area contributed by atoms with E-state index in [1.54, 1.807) is 14.0 Å². The molecule has 1 aliphatic heterocycles. The van der Waals surface area contributed by atoms with Crippen LogP contribution in [0.15, 0.2) is 18.2 Å². The highest BCUT2D eigenvalue weighted by Gasteiger charge is 2.20. The van der Waals surface area contributed by atoms with Crippen LogP contribution in [-0.4, -0.2) is 44.1 Å². The Bertz CT molecular complexity index is 440. The lowest BCUT2D eigenvalue weighted by Gasteiger charge is -2.36.